The van der Waals surface area contributed by atoms with Gasteiger partial charge < -0.3 is 9.64 Å². The van der Waals surface area contributed by atoms with Crippen LogP contribution in [-0.4, -0.2) is 37.2 Å². The van der Waals surface area contributed by atoms with E-state index in [4.69, 9.17) is 4.74 Å². The van der Waals surface area contributed by atoms with Gasteiger partial charge in [-0.25, -0.2) is 4.79 Å². The summed E-state index contributed by atoms with van der Waals surface area (Å²) in [7, 11) is 2.15. The second-order valence-electron chi connectivity index (χ2n) is 6.24. The summed E-state index contributed by atoms with van der Waals surface area (Å²) >= 11 is 0. The molecule has 112 valence electrons. The number of rotatable bonds is 4. The van der Waals surface area contributed by atoms with Crippen molar-refractivity contribution in [2.24, 2.45) is 4.99 Å². The molecule has 4 heteroatoms. The third kappa shape index (κ3) is 3.02. The van der Waals surface area contributed by atoms with Crippen LogP contribution in [0.3, 0.4) is 0 Å². The first-order valence-electron chi connectivity index (χ1n) is 7.77. The van der Waals surface area contributed by atoms with E-state index in [1.54, 1.807) is 6.08 Å². The van der Waals surface area contributed by atoms with Gasteiger partial charge in [0.25, 0.3) is 0 Å². The lowest BCUT2D eigenvalue weighted by Gasteiger charge is -2.37. The van der Waals surface area contributed by atoms with Crippen molar-refractivity contribution in [3.05, 3.63) is 29.8 Å². The Morgan fingerprint density at radius 3 is 2.71 bits per heavy atom. The third-order valence-electron chi connectivity index (χ3n) is 4.78. The zero-order valence-electron chi connectivity index (χ0n) is 12.5. The van der Waals surface area contributed by atoms with E-state index in [9.17, 15) is 4.79 Å². The fourth-order valence-electron chi connectivity index (χ4n) is 3.22. The Labute approximate surface area is 125 Å². The summed E-state index contributed by atoms with van der Waals surface area (Å²) < 4.78 is 6.12. The highest BCUT2D eigenvalue weighted by Crippen LogP contribution is 2.45. The van der Waals surface area contributed by atoms with Crippen LogP contribution in [0.15, 0.2) is 29.3 Å². The number of hydrogen-bond donors (Lipinski definition) is 0. The van der Waals surface area contributed by atoms with Crippen molar-refractivity contribution in [3.63, 3.8) is 0 Å². The summed E-state index contributed by atoms with van der Waals surface area (Å²) in [5.41, 5.74) is 0.746. The highest BCUT2D eigenvalue weighted by atomic mass is 16.5. The smallest absolute Gasteiger partial charge is 0.235 e. The zero-order chi connectivity index (χ0) is 14.7. The molecule has 2 aliphatic rings. The largest absolute Gasteiger partial charge is 0.490 e. The van der Waals surface area contributed by atoms with Crippen LogP contribution in [0, 0.1) is 0 Å². The first-order chi connectivity index (χ1) is 10.2. The monoisotopic (exact) mass is 286 g/mol. The van der Waals surface area contributed by atoms with Gasteiger partial charge in [0.2, 0.25) is 6.08 Å². The minimum atomic E-state index is -0.339. The third-order valence-corrected chi connectivity index (χ3v) is 4.78. The van der Waals surface area contributed by atoms with Gasteiger partial charge in [0.15, 0.2) is 0 Å². The molecule has 4 nitrogen and oxygen atoms in total. The number of isocyanates is 1. The number of nitrogens with zero attached hydrogens (tertiary/aromatic N) is 2. The molecule has 1 aromatic carbocycles. The van der Waals surface area contributed by atoms with Crippen LogP contribution < -0.4 is 4.74 Å². The molecule has 1 aliphatic carbocycles. The van der Waals surface area contributed by atoms with Gasteiger partial charge in [-0.05, 0) is 56.8 Å². The predicted molar refractivity (Wildman–Crippen MR) is 81.2 cm³/mol. The van der Waals surface area contributed by atoms with E-state index in [0.717, 1.165) is 56.5 Å². The lowest BCUT2D eigenvalue weighted by atomic mass is 9.72. The van der Waals surface area contributed by atoms with Crippen molar-refractivity contribution >= 4 is 6.08 Å². The lowest BCUT2D eigenvalue weighted by molar-refractivity contribution is 0.114. The number of benzene rings is 1. The fourth-order valence-corrected chi connectivity index (χ4v) is 3.22. The standard InChI is InChI=1S/C17H22N2O2/c1-19-10-6-15(7-11-19)21-16-5-2-4-14(12-16)17(18-13-20)8-3-9-17/h2,4-5,12,15H,3,6-11H2,1H3. The maximum atomic E-state index is 10.7. The quantitative estimate of drug-likeness (QED) is 0.631. The number of carbonyl (C=O) groups excluding carboxylic acids is 1. The molecule has 0 bridgehead atoms. The minimum absolute atomic E-state index is 0.295. The molecule has 3 rings (SSSR count). The molecule has 0 amide bonds. The van der Waals surface area contributed by atoms with E-state index in [1.807, 2.05) is 18.2 Å². The van der Waals surface area contributed by atoms with E-state index in [2.05, 4.69) is 23.0 Å². The van der Waals surface area contributed by atoms with E-state index in [-0.39, 0.29) is 5.54 Å². The summed E-state index contributed by atoms with van der Waals surface area (Å²) in [5, 5.41) is 0. The molecule has 21 heavy (non-hydrogen) atoms. The fraction of sp³-hybridized carbons (Fsp3) is 0.588. The first kappa shape index (κ1) is 14.3. The molecule has 0 spiro atoms. The molecule has 1 saturated heterocycles. The number of ether oxygens (including phenoxy) is 1. The molecule has 0 radical (unpaired) electrons. The maximum Gasteiger partial charge on any atom is 0.235 e. The van der Waals surface area contributed by atoms with Crippen LogP contribution in [-0.2, 0) is 10.3 Å². The van der Waals surface area contributed by atoms with Gasteiger partial charge in [0.1, 0.15) is 11.9 Å². The molecule has 2 fully saturated rings. The van der Waals surface area contributed by atoms with Crippen LogP contribution in [0.1, 0.15) is 37.7 Å². The van der Waals surface area contributed by atoms with E-state index in [1.165, 1.54) is 0 Å². The van der Waals surface area contributed by atoms with Crippen molar-refractivity contribution in [1.29, 1.82) is 0 Å². The second-order valence-corrected chi connectivity index (χ2v) is 6.24. The van der Waals surface area contributed by atoms with E-state index in [0.29, 0.717) is 6.10 Å². The van der Waals surface area contributed by atoms with Gasteiger partial charge in [0.05, 0.1) is 5.54 Å². The Morgan fingerprint density at radius 2 is 2.10 bits per heavy atom. The first-order valence-corrected chi connectivity index (χ1v) is 7.77. The molecule has 1 saturated carbocycles. The number of hydrogen-bond acceptors (Lipinski definition) is 4. The van der Waals surface area contributed by atoms with Crippen molar-refractivity contribution < 1.29 is 9.53 Å². The molecule has 0 unspecified atom stereocenters. The predicted octanol–water partition coefficient (Wildman–Crippen LogP) is 2.87. The Kier molecular flexibility index (Phi) is 4.09. The van der Waals surface area contributed by atoms with Crippen molar-refractivity contribution in [2.45, 2.75) is 43.7 Å². The molecule has 1 aromatic rings. The van der Waals surface area contributed by atoms with Crippen LogP contribution in [0.2, 0.25) is 0 Å². The Bertz CT molecular complexity index is 539. The highest BCUT2D eigenvalue weighted by molar-refractivity contribution is 5.41. The average Bonchev–Trinajstić information content (AvgIpc) is 2.46. The highest BCUT2D eigenvalue weighted by Gasteiger charge is 2.39. The Hall–Kier alpha value is -1.64. The molecule has 1 aliphatic heterocycles. The van der Waals surface area contributed by atoms with Gasteiger partial charge in [-0.2, -0.15) is 4.99 Å². The van der Waals surface area contributed by atoms with Crippen molar-refractivity contribution in [3.8, 4) is 5.75 Å². The van der Waals surface area contributed by atoms with Crippen LogP contribution in [0.5, 0.6) is 5.75 Å². The summed E-state index contributed by atoms with van der Waals surface area (Å²) in [4.78, 5) is 17.1. The van der Waals surface area contributed by atoms with E-state index >= 15 is 0 Å². The van der Waals surface area contributed by atoms with Gasteiger partial charge in [-0.3, -0.25) is 0 Å². The van der Waals surface area contributed by atoms with E-state index < -0.39 is 0 Å². The minimum Gasteiger partial charge on any atom is -0.490 e. The summed E-state index contributed by atoms with van der Waals surface area (Å²) in [6.07, 6.45) is 7.15. The molecule has 0 aromatic heterocycles. The number of aliphatic imine (C=N–C) groups is 1. The normalized spacial score (nSPS) is 22.1. The van der Waals surface area contributed by atoms with Crippen molar-refractivity contribution in [2.75, 3.05) is 20.1 Å². The average molecular weight is 286 g/mol. The number of likely N-dealkylation sites (tertiary alicyclic amines) is 1. The SMILES string of the molecule is CN1CCC(Oc2cccc(C3(N=C=O)CCC3)c2)CC1. The summed E-state index contributed by atoms with van der Waals surface area (Å²) in [6.45, 7) is 2.17. The van der Waals surface area contributed by atoms with Crippen LogP contribution in [0.4, 0.5) is 0 Å². The van der Waals surface area contributed by atoms with Gasteiger partial charge in [-0.1, -0.05) is 12.1 Å². The summed E-state index contributed by atoms with van der Waals surface area (Å²) in [5.74, 6) is 0.898. The van der Waals surface area contributed by atoms with Crippen LogP contribution in [0.25, 0.3) is 0 Å². The maximum absolute atomic E-state index is 10.7. The summed E-state index contributed by atoms with van der Waals surface area (Å²) in [6, 6.07) is 8.10. The Balaban J connectivity index is 1.73. The van der Waals surface area contributed by atoms with Crippen molar-refractivity contribution in [1.82, 2.24) is 4.90 Å². The zero-order valence-corrected chi connectivity index (χ0v) is 12.5. The number of piperidine rings is 1. The molecule has 1 heterocycles. The topological polar surface area (TPSA) is 41.9 Å². The molecule has 0 N–H and O–H groups in total. The Morgan fingerprint density at radius 1 is 1.33 bits per heavy atom. The van der Waals surface area contributed by atoms with Gasteiger partial charge in [0, 0.05) is 13.1 Å². The molecular formula is C17H22N2O2. The molecule has 0 atom stereocenters. The second kappa shape index (κ2) is 6.00. The van der Waals surface area contributed by atoms with Crippen LogP contribution >= 0.6 is 0 Å². The molecular weight excluding hydrogens is 264 g/mol. The lowest BCUT2D eigenvalue weighted by Crippen LogP contribution is -2.35. The van der Waals surface area contributed by atoms with Gasteiger partial charge >= 0.3 is 0 Å². The van der Waals surface area contributed by atoms with Gasteiger partial charge in [-0.15, -0.1) is 0 Å².